The highest BCUT2D eigenvalue weighted by molar-refractivity contribution is 7.09. The van der Waals surface area contributed by atoms with E-state index in [1.807, 2.05) is 18.4 Å². The van der Waals surface area contributed by atoms with E-state index in [-0.39, 0.29) is 5.91 Å². The van der Waals surface area contributed by atoms with E-state index in [4.69, 9.17) is 11.6 Å². The second kappa shape index (κ2) is 6.54. The zero-order valence-electron chi connectivity index (χ0n) is 10.4. The van der Waals surface area contributed by atoms with E-state index in [1.54, 1.807) is 29.7 Å². The SMILES string of the molecule is CCC(=O)Nc1ccc(Cl)c(NCc2nccs2)c1. The van der Waals surface area contributed by atoms with Gasteiger partial charge in [0.1, 0.15) is 5.01 Å². The molecule has 0 unspecified atom stereocenters. The molecule has 0 fully saturated rings. The molecule has 1 heterocycles. The molecule has 0 saturated heterocycles. The number of carbonyl (C=O) groups is 1. The summed E-state index contributed by atoms with van der Waals surface area (Å²) in [7, 11) is 0. The average molecular weight is 296 g/mol. The van der Waals surface area contributed by atoms with Gasteiger partial charge in [-0.1, -0.05) is 18.5 Å². The molecule has 1 aromatic carbocycles. The minimum atomic E-state index is -0.0202. The highest BCUT2D eigenvalue weighted by Crippen LogP contribution is 2.26. The Labute approximate surface area is 120 Å². The molecule has 0 radical (unpaired) electrons. The predicted octanol–water partition coefficient (Wildman–Crippen LogP) is 3.76. The molecule has 1 amide bonds. The topological polar surface area (TPSA) is 54.0 Å². The molecule has 0 atom stereocenters. The van der Waals surface area contributed by atoms with Crippen LogP contribution in [0.2, 0.25) is 5.02 Å². The summed E-state index contributed by atoms with van der Waals surface area (Å²) in [6.07, 6.45) is 2.21. The lowest BCUT2D eigenvalue weighted by molar-refractivity contribution is -0.115. The fourth-order valence-electron chi connectivity index (χ4n) is 1.50. The third-order valence-corrected chi connectivity index (χ3v) is 3.59. The molecule has 2 aromatic rings. The summed E-state index contributed by atoms with van der Waals surface area (Å²) in [4.78, 5) is 15.5. The summed E-state index contributed by atoms with van der Waals surface area (Å²) in [6, 6.07) is 5.37. The number of benzene rings is 1. The number of anilines is 2. The Morgan fingerprint density at radius 1 is 1.47 bits per heavy atom. The molecule has 1 aromatic heterocycles. The fourth-order valence-corrected chi connectivity index (χ4v) is 2.24. The molecule has 100 valence electrons. The summed E-state index contributed by atoms with van der Waals surface area (Å²) >= 11 is 7.69. The Kier molecular flexibility index (Phi) is 4.76. The van der Waals surface area contributed by atoms with Gasteiger partial charge in [-0.3, -0.25) is 4.79 Å². The maximum atomic E-state index is 11.3. The number of thiazole rings is 1. The summed E-state index contributed by atoms with van der Waals surface area (Å²) in [5, 5.41) is 9.54. The lowest BCUT2D eigenvalue weighted by atomic mass is 10.2. The molecule has 0 spiro atoms. The van der Waals surface area contributed by atoms with Crippen LogP contribution in [0.1, 0.15) is 18.4 Å². The van der Waals surface area contributed by atoms with Gasteiger partial charge in [0.15, 0.2) is 0 Å². The smallest absolute Gasteiger partial charge is 0.224 e. The Hall–Kier alpha value is -1.59. The van der Waals surface area contributed by atoms with Crippen LogP contribution in [-0.4, -0.2) is 10.9 Å². The lowest BCUT2D eigenvalue weighted by Gasteiger charge is -2.10. The van der Waals surface area contributed by atoms with E-state index < -0.39 is 0 Å². The fraction of sp³-hybridized carbons (Fsp3) is 0.231. The van der Waals surface area contributed by atoms with Gasteiger partial charge < -0.3 is 10.6 Å². The lowest BCUT2D eigenvalue weighted by Crippen LogP contribution is -2.09. The zero-order valence-corrected chi connectivity index (χ0v) is 12.0. The van der Waals surface area contributed by atoms with Crippen LogP contribution in [0.5, 0.6) is 0 Å². The van der Waals surface area contributed by atoms with Crippen molar-refractivity contribution >= 4 is 40.2 Å². The van der Waals surface area contributed by atoms with Crippen LogP contribution < -0.4 is 10.6 Å². The number of rotatable bonds is 5. The van der Waals surface area contributed by atoms with Crippen molar-refractivity contribution in [2.45, 2.75) is 19.9 Å². The highest BCUT2D eigenvalue weighted by atomic mass is 35.5. The molecular weight excluding hydrogens is 282 g/mol. The van der Waals surface area contributed by atoms with Gasteiger partial charge in [0.25, 0.3) is 0 Å². The van der Waals surface area contributed by atoms with Crippen molar-refractivity contribution in [2.24, 2.45) is 0 Å². The zero-order chi connectivity index (χ0) is 13.7. The van der Waals surface area contributed by atoms with Gasteiger partial charge in [-0.05, 0) is 18.2 Å². The first-order valence-corrected chi connectivity index (χ1v) is 7.16. The van der Waals surface area contributed by atoms with Crippen molar-refractivity contribution in [3.8, 4) is 0 Å². The van der Waals surface area contributed by atoms with Gasteiger partial charge in [-0.25, -0.2) is 4.98 Å². The summed E-state index contributed by atoms with van der Waals surface area (Å²) in [6.45, 7) is 2.43. The average Bonchev–Trinajstić information content (AvgIpc) is 2.92. The van der Waals surface area contributed by atoms with E-state index >= 15 is 0 Å². The van der Waals surface area contributed by atoms with Gasteiger partial charge in [0, 0.05) is 23.7 Å². The molecule has 0 bridgehead atoms. The molecule has 4 nitrogen and oxygen atoms in total. The molecule has 2 N–H and O–H groups in total. The van der Waals surface area contributed by atoms with Crippen LogP contribution in [0.15, 0.2) is 29.8 Å². The van der Waals surface area contributed by atoms with Crippen LogP contribution in [-0.2, 0) is 11.3 Å². The molecule has 0 aliphatic rings. The Balaban J connectivity index is 2.06. The molecule has 6 heteroatoms. The molecule has 0 aliphatic carbocycles. The van der Waals surface area contributed by atoms with Gasteiger partial charge in [-0.15, -0.1) is 11.3 Å². The van der Waals surface area contributed by atoms with Crippen molar-refractivity contribution in [2.75, 3.05) is 10.6 Å². The summed E-state index contributed by atoms with van der Waals surface area (Å²) < 4.78 is 0. The van der Waals surface area contributed by atoms with E-state index in [1.165, 1.54) is 0 Å². The Morgan fingerprint density at radius 3 is 3.00 bits per heavy atom. The highest BCUT2D eigenvalue weighted by Gasteiger charge is 2.05. The third-order valence-electron chi connectivity index (χ3n) is 2.48. The van der Waals surface area contributed by atoms with Crippen molar-refractivity contribution in [3.63, 3.8) is 0 Å². The number of halogens is 1. The van der Waals surface area contributed by atoms with Crippen molar-refractivity contribution in [1.82, 2.24) is 4.98 Å². The van der Waals surface area contributed by atoms with Crippen molar-refractivity contribution < 1.29 is 4.79 Å². The minimum absolute atomic E-state index is 0.0202. The third kappa shape index (κ3) is 3.94. The second-order valence-corrected chi connectivity index (χ2v) is 5.26. The van der Waals surface area contributed by atoms with Gasteiger partial charge in [0.05, 0.1) is 17.3 Å². The Morgan fingerprint density at radius 2 is 2.32 bits per heavy atom. The molecule has 0 aliphatic heterocycles. The van der Waals surface area contributed by atoms with E-state index in [0.717, 1.165) is 16.4 Å². The van der Waals surface area contributed by atoms with Crippen molar-refractivity contribution in [1.29, 1.82) is 0 Å². The first-order valence-electron chi connectivity index (χ1n) is 5.90. The summed E-state index contributed by atoms with van der Waals surface area (Å²) in [5.41, 5.74) is 1.52. The van der Waals surface area contributed by atoms with Gasteiger partial charge in [0.2, 0.25) is 5.91 Å². The monoisotopic (exact) mass is 295 g/mol. The minimum Gasteiger partial charge on any atom is -0.377 e. The van der Waals surface area contributed by atoms with E-state index in [9.17, 15) is 4.79 Å². The largest absolute Gasteiger partial charge is 0.377 e. The first-order chi connectivity index (χ1) is 9.19. The number of carbonyl (C=O) groups excluding carboxylic acids is 1. The van der Waals surface area contributed by atoms with Crippen LogP contribution in [0.25, 0.3) is 0 Å². The maximum absolute atomic E-state index is 11.3. The van der Waals surface area contributed by atoms with E-state index in [2.05, 4.69) is 15.6 Å². The second-order valence-electron chi connectivity index (χ2n) is 3.88. The van der Waals surface area contributed by atoms with Gasteiger partial charge in [-0.2, -0.15) is 0 Å². The standard InChI is InChI=1S/C13H14ClN3OS/c1-2-12(18)17-9-3-4-10(14)11(7-9)16-8-13-15-5-6-19-13/h3-7,16H,2,8H2,1H3,(H,17,18). The van der Waals surface area contributed by atoms with Gasteiger partial charge >= 0.3 is 0 Å². The number of nitrogens with one attached hydrogen (secondary N) is 2. The number of aromatic nitrogens is 1. The molecular formula is C13H14ClN3OS. The van der Waals surface area contributed by atoms with Crippen LogP contribution in [0.3, 0.4) is 0 Å². The number of hydrogen-bond donors (Lipinski definition) is 2. The predicted molar refractivity (Wildman–Crippen MR) is 79.8 cm³/mol. The molecule has 2 rings (SSSR count). The number of nitrogens with zero attached hydrogens (tertiary/aromatic N) is 1. The number of hydrogen-bond acceptors (Lipinski definition) is 4. The quantitative estimate of drug-likeness (QED) is 0.883. The first kappa shape index (κ1) is 13.8. The van der Waals surface area contributed by atoms with Crippen LogP contribution >= 0.6 is 22.9 Å². The maximum Gasteiger partial charge on any atom is 0.224 e. The molecule has 19 heavy (non-hydrogen) atoms. The normalized spacial score (nSPS) is 10.2. The number of amides is 1. The Bertz CT molecular complexity index is 557. The molecule has 0 saturated carbocycles. The van der Waals surface area contributed by atoms with Crippen LogP contribution in [0, 0.1) is 0 Å². The van der Waals surface area contributed by atoms with Crippen LogP contribution in [0.4, 0.5) is 11.4 Å². The van der Waals surface area contributed by atoms with E-state index in [0.29, 0.717) is 18.0 Å². The van der Waals surface area contributed by atoms with Crippen molar-refractivity contribution in [3.05, 3.63) is 39.8 Å². The summed E-state index contributed by atoms with van der Waals surface area (Å²) in [5.74, 6) is -0.0202.